The number of rotatable bonds is 4. The van der Waals surface area contributed by atoms with Crippen molar-refractivity contribution < 1.29 is 9.47 Å². The monoisotopic (exact) mass is 644 g/mol. The van der Waals surface area contributed by atoms with Crippen LogP contribution in [0.5, 0.6) is 0 Å². The molecule has 2 heterocycles. The van der Waals surface area contributed by atoms with Gasteiger partial charge in [-0.05, 0) is 83.7 Å². The molecule has 0 unspecified atom stereocenters. The van der Waals surface area contributed by atoms with Crippen molar-refractivity contribution in [2.24, 2.45) is 0 Å². The van der Waals surface area contributed by atoms with Crippen LogP contribution in [0.4, 0.5) is 11.4 Å². The normalized spacial score (nSPS) is 14.5. The molecule has 39 heavy (non-hydrogen) atoms. The summed E-state index contributed by atoms with van der Waals surface area (Å²) in [5.74, 6) is 0. The Hall–Kier alpha value is -0.126. The summed E-state index contributed by atoms with van der Waals surface area (Å²) in [7, 11) is -2.71. The molecule has 0 atom stereocenters. The topological polar surface area (TPSA) is 46.7 Å². The SMILES string of the molecule is C1CCOC1.C1CCOC1.Cc1cc(C)c([N-][Si](C)(C)C)c(C)c1.Cc1cc(C)c([N-][Si](C)(C)C)c(C)c1.[Sr+2]. The minimum absolute atomic E-state index is 0. The van der Waals surface area contributed by atoms with E-state index in [1.807, 2.05) is 0 Å². The third-order valence-corrected chi connectivity index (χ3v) is 7.61. The van der Waals surface area contributed by atoms with Gasteiger partial charge in [-0.25, -0.2) is 0 Å². The third-order valence-electron chi connectivity index (χ3n) is 5.82. The summed E-state index contributed by atoms with van der Waals surface area (Å²) in [6.45, 7) is 30.5. The Morgan fingerprint density at radius 3 is 0.872 bits per heavy atom. The Morgan fingerprint density at radius 2 is 0.718 bits per heavy atom. The van der Waals surface area contributed by atoms with Gasteiger partial charge in [0.2, 0.25) is 0 Å². The van der Waals surface area contributed by atoms with E-state index in [2.05, 4.69) is 105 Å². The summed E-state index contributed by atoms with van der Waals surface area (Å²) in [6.07, 6.45) is 5.11. The van der Waals surface area contributed by atoms with Crippen LogP contribution in [0.1, 0.15) is 59.1 Å². The van der Waals surface area contributed by atoms with Gasteiger partial charge < -0.3 is 19.4 Å². The van der Waals surface area contributed by atoms with Crippen molar-refractivity contribution in [3.05, 3.63) is 67.6 Å². The zero-order valence-corrected chi connectivity index (χ0v) is 32.9. The maximum absolute atomic E-state index is 4.94. The fraction of sp³-hybridized carbons (Fsp3) is 0.625. The van der Waals surface area contributed by atoms with E-state index >= 15 is 0 Å². The van der Waals surface area contributed by atoms with Crippen LogP contribution in [-0.2, 0) is 9.47 Å². The van der Waals surface area contributed by atoms with Crippen molar-refractivity contribution in [1.82, 2.24) is 0 Å². The van der Waals surface area contributed by atoms with Gasteiger partial charge in [-0.1, -0.05) is 96.9 Å². The number of benzene rings is 2. The molecule has 4 nitrogen and oxygen atoms in total. The number of hydrogen-bond donors (Lipinski definition) is 0. The Labute approximate surface area is 280 Å². The van der Waals surface area contributed by atoms with E-state index in [4.69, 9.17) is 19.4 Å². The van der Waals surface area contributed by atoms with Gasteiger partial charge in [-0.2, -0.15) is 0 Å². The zero-order valence-electron chi connectivity index (χ0n) is 27.4. The molecule has 0 spiro atoms. The van der Waals surface area contributed by atoms with Crippen molar-refractivity contribution in [2.75, 3.05) is 26.4 Å². The van der Waals surface area contributed by atoms with Crippen LogP contribution < -0.4 is 0 Å². The summed E-state index contributed by atoms with van der Waals surface area (Å²) >= 11 is 0. The van der Waals surface area contributed by atoms with Crippen LogP contribution in [0.25, 0.3) is 9.96 Å². The average molecular weight is 645 g/mol. The van der Waals surface area contributed by atoms with Crippen molar-refractivity contribution in [2.45, 2.75) is 107 Å². The number of hydrogen-bond acceptors (Lipinski definition) is 2. The predicted molar refractivity (Wildman–Crippen MR) is 180 cm³/mol. The fourth-order valence-corrected chi connectivity index (χ4v) is 6.44. The zero-order chi connectivity index (χ0) is 28.9. The van der Waals surface area contributed by atoms with Crippen LogP contribution in [-0.4, -0.2) is 88.4 Å². The summed E-state index contributed by atoms with van der Waals surface area (Å²) in [5.41, 5.74) is 10.3. The van der Waals surface area contributed by atoms with Gasteiger partial charge >= 0.3 is 45.5 Å². The molecule has 2 saturated heterocycles. The molecule has 2 aromatic carbocycles. The van der Waals surface area contributed by atoms with Gasteiger partial charge in [-0.15, -0.1) is 11.4 Å². The van der Waals surface area contributed by atoms with E-state index in [0.29, 0.717) is 0 Å². The quantitative estimate of drug-likeness (QED) is 0.311. The molecule has 2 aromatic rings. The van der Waals surface area contributed by atoms with E-state index in [-0.39, 0.29) is 45.5 Å². The predicted octanol–water partition coefficient (Wildman–Crippen LogP) is 10.1. The molecule has 0 aromatic heterocycles. The molecular weight excluding hydrogens is 588 g/mol. The second kappa shape index (κ2) is 19.1. The van der Waals surface area contributed by atoms with Gasteiger partial charge in [0.25, 0.3) is 0 Å². The molecule has 4 rings (SSSR count). The summed E-state index contributed by atoms with van der Waals surface area (Å²) in [5, 5.41) is 0. The minimum Gasteiger partial charge on any atom is -0.687 e. The van der Waals surface area contributed by atoms with Gasteiger partial charge in [0.05, 0.1) is 0 Å². The van der Waals surface area contributed by atoms with E-state index < -0.39 is 16.5 Å². The standard InChI is InChI=1S/2C12H20NSi.2C4H8O.Sr/c2*1-9-7-10(2)12(11(3)8-9)13-14(4,5)6;2*1-2-4-5-3-1;/h2*7-8H,1-6H3;2*1-4H2;/q2*-1;;;+2. The second-order valence-corrected chi connectivity index (χ2v) is 21.8. The molecule has 0 radical (unpaired) electrons. The Morgan fingerprint density at radius 1 is 0.487 bits per heavy atom. The van der Waals surface area contributed by atoms with Gasteiger partial charge in [0, 0.05) is 26.4 Å². The summed E-state index contributed by atoms with van der Waals surface area (Å²) < 4.78 is 9.89. The van der Waals surface area contributed by atoms with Crippen molar-refractivity contribution in [3.8, 4) is 0 Å². The van der Waals surface area contributed by atoms with Gasteiger partial charge in [0.15, 0.2) is 0 Å². The van der Waals surface area contributed by atoms with Crippen LogP contribution in [0.2, 0.25) is 39.3 Å². The Balaban J connectivity index is 0.000000537. The van der Waals surface area contributed by atoms with Crippen LogP contribution in [0.3, 0.4) is 0 Å². The molecular formula is C32H56N2O2Si2Sr. The Bertz CT molecular complexity index is 836. The molecule has 0 N–H and O–H groups in total. The van der Waals surface area contributed by atoms with Gasteiger partial charge in [0.1, 0.15) is 0 Å². The number of nitrogens with zero attached hydrogens (tertiary/aromatic N) is 2. The number of ether oxygens (including phenoxy) is 2. The molecule has 0 aliphatic carbocycles. The molecule has 216 valence electrons. The Kier molecular flexibility index (Phi) is 19.1. The second-order valence-electron chi connectivity index (χ2n) is 12.7. The van der Waals surface area contributed by atoms with Crippen molar-refractivity contribution >= 4 is 73.3 Å². The molecule has 0 saturated carbocycles. The minimum atomic E-state index is -1.35. The van der Waals surface area contributed by atoms with Crippen LogP contribution in [0.15, 0.2) is 24.3 Å². The summed E-state index contributed by atoms with van der Waals surface area (Å²) in [6, 6.07) is 8.86. The largest absolute Gasteiger partial charge is 2.00 e. The van der Waals surface area contributed by atoms with Crippen molar-refractivity contribution in [3.63, 3.8) is 0 Å². The smallest absolute Gasteiger partial charge is 0.687 e. The maximum atomic E-state index is 4.94. The van der Waals surface area contributed by atoms with Crippen molar-refractivity contribution in [1.29, 1.82) is 0 Å². The first-order valence-corrected chi connectivity index (χ1v) is 21.3. The van der Waals surface area contributed by atoms with E-state index in [1.165, 1.54) is 70.4 Å². The summed E-state index contributed by atoms with van der Waals surface area (Å²) in [4.78, 5) is 9.74. The average Bonchev–Trinajstić information content (AvgIpc) is 3.52. The molecule has 2 aliphatic rings. The maximum Gasteiger partial charge on any atom is 2.00 e. The van der Waals surface area contributed by atoms with Crippen LogP contribution >= 0.6 is 0 Å². The van der Waals surface area contributed by atoms with E-state index in [9.17, 15) is 0 Å². The first-order valence-electron chi connectivity index (χ1n) is 14.4. The number of aryl methyl sites for hydroxylation is 6. The molecule has 2 fully saturated rings. The van der Waals surface area contributed by atoms with Gasteiger partial charge in [-0.3, -0.25) is 0 Å². The molecule has 2 aliphatic heterocycles. The third kappa shape index (κ3) is 18.1. The van der Waals surface area contributed by atoms with E-state index in [1.54, 1.807) is 0 Å². The molecule has 0 bridgehead atoms. The van der Waals surface area contributed by atoms with E-state index in [0.717, 1.165) is 26.4 Å². The first-order chi connectivity index (χ1) is 17.6. The fourth-order valence-electron chi connectivity index (χ4n) is 4.39. The van der Waals surface area contributed by atoms with Crippen LogP contribution in [0, 0.1) is 41.5 Å². The molecule has 0 amide bonds. The first kappa shape index (κ1) is 38.9. The molecule has 7 heteroatoms.